The first-order chi connectivity index (χ1) is 22.3. The van der Waals surface area contributed by atoms with E-state index < -0.39 is 16.8 Å². The molecule has 2 aromatic heterocycles. The molecule has 1 aromatic carbocycles. The summed E-state index contributed by atoms with van der Waals surface area (Å²) in [5.74, 6) is -0.390. The van der Waals surface area contributed by atoms with E-state index in [9.17, 15) is 19.2 Å². The Labute approximate surface area is 282 Å². The number of nitrogens with zero attached hydrogens (tertiary/aromatic N) is 3. The Kier molecular flexibility index (Phi) is 10.2. The van der Waals surface area contributed by atoms with Crippen molar-refractivity contribution in [1.82, 2.24) is 10.2 Å². The molecule has 3 aromatic rings. The fourth-order valence-electron chi connectivity index (χ4n) is 6.20. The average Bonchev–Trinajstić information content (AvgIpc) is 3.78. The molecule has 1 N–H and O–H groups in total. The lowest BCUT2D eigenvalue weighted by atomic mass is 9.77. The number of ketones is 1. The first-order valence-electron chi connectivity index (χ1n) is 16.2. The molecule has 2 aliphatic rings. The van der Waals surface area contributed by atoms with Crippen molar-refractivity contribution < 1.29 is 32.7 Å². The molecule has 11 nitrogen and oxygen atoms in total. The fourth-order valence-corrected chi connectivity index (χ4v) is 6.20. The molecule has 0 saturated carbocycles. The van der Waals surface area contributed by atoms with Crippen LogP contribution in [0.5, 0.6) is 0 Å². The van der Waals surface area contributed by atoms with Gasteiger partial charge in [-0.3, -0.25) is 24.1 Å². The number of rotatable bonds is 8. The zero-order chi connectivity index (χ0) is 35.7. The lowest BCUT2D eigenvalue weighted by Gasteiger charge is -2.53. The van der Waals surface area contributed by atoms with Gasteiger partial charge in [-0.15, -0.1) is 0 Å². The Morgan fingerprint density at radius 3 is 2.04 bits per heavy atom. The van der Waals surface area contributed by atoms with Gasteiger partial charge in [0.25, 0.3) is 11.8 Å². The zero-order valence-electron chi connectivity index (χ0n) is 29.7. The van der Waals surface area contributed by atoms with Gasteiger partial charge in [0.2, 0.25) is 5.78 Å². The van der Waals surface area contributed by atoms with E-state index in [1.807, 2.05) is 13.8 Å². The topological polar surface area (TPSA) is 135 Å². The second-order valence-electron chi connectivity index (χ2n) is 14.6. The van der Waals surface area contributed by atoms with Crippen LogP contribution in [-0.4, -0.2) is 65.0 Å². The molecule has 48 heavy (non-hydrogen) atoms. The summed E-state index contributed by atoms with van der Waals surface area (Å²) in [5.41, 5.74) is -0.240. The Balaban J connectivity index is 0.000000291. The van der Waals surface area contributed by atoms with Crippen molar-refractivity contribution >= 4 is 35.0 Å². The highest BCUT2D eigenvalue weighted by atomic mass is 16.5. The molecular formula is C37H48N4O7. The molecular weight excluding hydrogens is 612 g/mol. The van der Waals surface area contributed by atoms with Crippen molar-refractivity contribution in [1.29, 1.82) is 0 Å². The number of carbonyl (C=O) groups excluding carboxylic acids is 4. The Hall–Kier alpha value is -4.51. The normalized spacial score (nSPS) is 18.8. The summed E-state index contributed by atoms with van der Waals surface area (Å²) in [5, 5.41) is 9.15. The summed E-state index contributed by atoms with van der Waals surface area (Å²) >= 11 is 0. The first kappa shape index (κ1) is 36.3. The molecule has 2 amide bonds. The van der Waals surface area contributed by atoms with Crippen molar-refractivity contribution in [2.45, 2.75) is 92.3 Å². The van der Waals surface area contributed by atoms with Crippen molar-refractivity contribution in [3.63, 3.8) is 0 Å². The zero-order valence-corrected chi connectivity index (χ0v) is 29.7. The van der Waals surface area contributed by atoms with Crippen molar-refractivity contribution in [2.75, 3.05) is 18.7 Å². The minimum atomic E-state index is -1.20. The number of piperidine rings is 1. The largest absolute Gasteiger partial charge is 0.465 e. The van der Waals surface area contributed by atoms with Crippen LogP contribution in [0.15, 0.2) is 75.0 Å². The number of hydrogen-bond acceptors (Lipinski definition) is 9. The van der Waals surface area contributed by atoms with E-state index in [2.05, 4.69) is 50.1 Å². The maximum atomic E-state index is 13.0. The van der Waals surface area contributed by atoms with Gasteiger partial charge < -0.3 is 18.9 Å². The molecule has 2 aliphatic heterocycles. The maximum absolute atomic E-state index is 13.0. The molecule has 0 atom stereocenters. The average molecular weight is 661 g/mol. The van der Waals surface area contributed by atoms with Crippen LogP contribution < -0.4 is 10.3 Å². The molecule has 1 saturated heterocycles. The molecule has 0 spiro atoms. The van der Waals surface area contributed by atoms with E-state index in [0.29, 0.717) is 22.7 Å². The van der Waals surface area contributed by atoms with Gasteiger partial charge in [0, 0.05) is 22.7 Å². The van der Waals surface area contributed by atoms with Gasteiger partial charge in [0.05, 0.1) is 30.2 Å². The smallest absolute Gasteiger partial charge is 0.319 e. The van der Waals surface area contributed by atoms with Gasteiger partial charge >= 0.3 is 5.97 Å². The number of nitrogens with one attached hydrogen (secondary N) is 1. The number of carbonyl (C=O) groups is 4. The number of furan rings is 2. The molecule has 0 aliphatic carbocycles. The minimum absolute atomic E-state index is 0.00379. The quantitative estimate of drug-likeness (QED) is 0.165. The van der Waals surface area contributed by atoms with E-state index in [4.69, 9.17) is 13.6 Å². The Bertz CT molecular complexity index is 1630. The lowest BCUT2D eigenvalue weighted by Crippen LogP contribution is -2.62. The predicted octanol–water partition coefficient (Wildman–Crippen LogP) is 6.49. The van der Waals surface area contributed by atoms with E-state index in [1.54, 1.807) is 55.7 Å². The summed E-state index contributed by atoms with van der Waals surface area (Å²) in [7, 11) is 2.15. The highest BCUT2D eigenvalue weighted by Crippen LogP contribution is 2.38. The molecule has 11 heteroatoms. The fraction of sp³-hybridized carbons (Fsp3) is 0.486. The second-order valence-corrected chi connectivity index (χ2v) is 14.6. The maximum Gasteiger partial charge on any atom is 0.319 e. The van der Waals surface area contributed by atoms with Crippen molar-refractivity contribution in [3.8, 4) is 0 Å². The molecule has 1 fully saturated rings. The van der Waals surface area contributed by atoms with E-state index >= 15 is 0 Å². The lowest BCUT2D eigenvalue weighted by molar-refractivity contribution is -0.150. The number of hydrazone groups is 1. The predicted molar refractivity (Wildman–Crippen MR) is 183 cm³/mol. The van der Waals surface area contributed by atoms with Crippen LogP contribution in [-0.2, 0) is 14.3 Å². The second kappa shape index (κ2) is 13.5. The number of benzene rings is 1. The Morgan fingerprint density at radius 2 is 1.52 bits per heavy atom. The third-order valence-corrected chi connectivity index (χ3v) is 9.39. The van der Waals surface area contributed by atoms with Crippen LogP contribution in [0, 0.1) is 10.8 Å². The first-order valence-corrected chi connectivity index (χ1v) is 16.2. The van der Waals surface area contributed by atoms with Gasteiger partial charge in [0.15, 0.2) is 11.5 Å². The van der Waals surface area contributed by atoms with Crippen LogP contribution in [0.4, 0.5) is 5.69 Å². The van der Waals surface area contributed by atoms with Crippen molar-refractivity contribution in [3.05, 3.63) is 78.1 Å². The highest BCUT2D eigenvalue weighted by Gasteiger charge is 2.46. The summed E-state index contributed by atoms with van der Waals surface area (Å²) < 4.78 is 15.3. The van der Waals surface area contributed by atoms with Crippen LogP contribution in [0.2, 0.25) is 0 Å². The molecule has 0 bridgehead atoms. The molecule has 258 valence electrons. The number of Topliss-reactive ketones (excluding diaryl/α,β-unsaturated/α-hetero) is 1. The monoisotopic (exact) mass is 660 g/mol. The summed E-state index contributed by atoms with van der Waals surface area (Å²) in [6, 6.07) is 13.8. The van der Waals surface area contributed by atoms with Gasteiger partial charge in [-0.05, 0) is 131 Å². The number of anilines is 1. The van der Waals surface area contributed by atoms with Gasteiger partial charge in [0.1, 0.15) is 11.1 Å². The highest BCUT2D eigenvalue weighted by molar-refractivity contribution is 6.23. The number of likely N-dealkylation sites (tertiary alicyclic amines) is 1. The van der Waals surface area contributed by atoms with Gasteiger partial charge in [-0.25, -0.2) is 0 Å². The minimum Gasteiger partial charge on any atom is -0.465 e. The van der Waals surface area contributed by atoms with E-state index in [-0.39, 0.29) is 47.1 Å². The number of hydrogen-bond donors (Lipinski definition) is 1. The number of esters is 1. The van der Waals surface area contributed by atoms with Crippen LogP contribution >= 0.6 is 0 Å². The van der Waals surface area contributed by atoms with E-state index in [0.717, 1.165) is 12.8 Å². The number of ether oxygens (including phenoxy) is 1. The summed E-state index contributed by atoms with van der Waals surface area (Å²) in [6.07, 6.45) is 4.74. The van der Waals surface area contributed by atoms with Crippen LogP contribution in [0.25, 0.3) is 0 Å². The van der Waals surface area contributed by atoms with E-state index in [1.165, 1.54) is 31.2 Å². The molecule has 0 radical (unpaired) electrons. The van der Waals surface area contributed by atoms with Crippen LogP contribution in [0.3, 0.4) is 0 Å². The third kappa shape index (κ3) is 7.31. The summed E-state index contributed by atoms with van der Waals surface area (Å²) in [6.45, 7) is 17.5. The standard InChI is InChI=1S/C26H34N4O3.C11H14O4/c1-24(2)15-18(16-25(3,4)29(24)7)27-22(31)17-10-12-19(13-11-17)30-23(32)26(5,6)21(28-30)20-9-8-14-33-20;1-4-14-10(13)11(2,3)9(12)8-6-5-7-15-8/h8-14,18H,15-16H2,1-7H3,(H,27,31);5-7H,4H2,1-3H3. The number of amides is 2. The Morgan fingerprint density at radius 1 is 0.938 bits per heavy atom. The molecule has 5 rings (SSSR count). The van der Waals surface area contributed by atoms with Crippen LogP contribution in [0.1, 0.15) is 102 Å². The van der Waals surface area contributed by atoms with Gasteiger partial charge in [-0.2, -0.15) is 10.1 Å². The molecule has 4 heterocycles. The summed E-state index contributed by atoms with van der Waals surface area (Å²) in [4.78, 5) is 51.8. The SMILES string of the molecule is CCOC(=O)C(C)(C)C(=O)c1ccco1.CN1C(C)(C)CC(NC(=O)c2ccc(N3N=C(c4ccco4)C(C)(C)C3=O)cc2)CC1(C)C. The molecule has 0 unspecified atom stereocenters. The van der Waals surface area contributed by atoms with Crippen molar-refractivity contribution in [2.24, 2.45) is 15.9 Å². The third-order valence-electron chi connectivity index (χ3n) is 9.39. The van der Waals surface area contributed by atoms with Gasteiger partial charge in [-0.1, -0.05) is 0 Å².